The summed E-state index contributed by atoms with van der Waals surface area (Å²) in [6.07, 6.45) is 11.7. The number of hydrogen-bond acceptors (Lipinski definition) is 5. The number of ether oxygens (including phenoxy) is 3. The van der Waals surface area contributed by atoms with Crippen molar-refractivity contribution in [2.45, 2.75) is 78.1 Å². The van der Waals surface area contributed by atoms with Crippen LogP contribution in [0, 0.1) is 0 Å². The van der Waals surface area contributed by atoms with Gasteiger partial charge in [-0.3, -0.25) is 0 Å². The van der Waals surface area contributed by atoms with Crippen LogP contribution < -0.4 is 9.47 Å². The summed E-state index contributed by atoms with van der Waals surface area (Å²) in [5.74, 6) is 0.306. The molecule has 0 atom stereocenters. The Labute approximate surface area is 198 Å². The molecule has 0 unspecified atom stereocenters. The first-order valence-corrected chi connectivity index (χ1v) is 12.4. The van der Waals surface area contributed by atoms with Crippen LogP contribution >= 0.6 is 0 Å². The van der Waals surface area contributed by atoms with E-state index in [1.165, 1.54) is 38.5 Å². The number of benzene rings is 2. The van der Waals surface area contributed by atoms with Crippen molar-refractivity contribution < 1.29 is 23.8 Å². The minimum Gasteiger partial charge on any atom is -0.494 e. The topological polar surface area (TPSA) is 61.8 Å². The first-order valence-electron chi connectivity index (χ1n) is 12.4. The molecule has 0 aromatic heterocycles. The summed E-state index contributed by atoms with van der Waals surface area (Å²) in [6.45, 7) is 5.43. The number of hydrogen-bond donors (Lipinski definition) is 0. The lowest BCUT2D eigenvalue weighted by Gasteiger charge is -2.08. The molecule has 0 aliphatic heterocycles. The number of rotatable bonds is 16. The van der Waals surface area contributed by atoms with Crippen LogP contribution in [0.1, 0.15) is 98.8 Å². The van der Waals surface area contributed by atoms with Gasteiger partial charge < -0.3 is 14.2 Å². The fourth-order valence-corrected chi connectivity index (χ4v) is 3.36. The SMILES string of the molecule is CCCCCCCCCOc1ccc(C(=O)Oc2ccc(C(=O)OCCCCC)cc2)cc1. The van der Waals surface area contributed by atoms with E-state index in [1.54, 1.807) is 48.5 Å². The van der Waals surface area contributed by atoms with Gasteiger partial charge in [-0.2, -0.15) is 0 Å². The maximum absolute atomic E-state index is 12.4. The summed E-state index contributed by atoms with van der Waals surface area (Å²) in [5.41, 5.74) is 0.881. The Hall–Kier alpha value is -2.82. The standard InChI is InChI=1S/C28H38O5/c1-3-5-7-8-9-10-12-21-31-25-17-13-24(14-18-25)28(30)33-26-19-15-23(16-20-26)27(29)32-22-11-6-4-2/h13-20H,3-12,21-22H2,1-2H3. The molecule has 2 aromatic rings. The van der Waals surface area contributed by atoms with Gasteiger partial charge >= 0.3 is 11.9 Å². The van der Waals surface area contributed by atoms with Gasteiger partial charge in [-0.1, -0.05) is 65.2 Å². The summed E-state index contributed by atoms with van der Waals surface area (Å²) in [7, 11) is 0. The Balaban J connectivity index is 1.71. The van der Waals surface area contributed by atoms with Gasteiger partial charge in [-0.25, -0.2) is 9.59 Å². The average Bonchev–Trinajstić information content (AvgIpc) is 2.84. The normalized spacial score (nSPS) is 10.6. The largest absolute Gasteiger partial charge is 0.494 e. The van der Waals surface area contributed by atoms with Crippen molar-refractivity contribution >= 4 is 11.9 Å². The molecule has 0 saturated heterocycles. The molecule has 0 spiro atoms. The lowest BCUT2D eigenvalue weighted by atomic mass is 10.1. The highest BCUT2D eigenvalue weighted by Gasteiger charge is 2.11. The minimum atomic E-state index is -0.455. The van der Waals surface area contributed by atoms with Crippen LogP contribution in [0.2, 0.25) is 0 Å². The molecule has 0 saturated carbocycles. The zero-order valence-electron chi connectivity index (χ0n) is 20.1. The third-order valence-electron chi connectivity index (χ3n) is 5.39. The van der Waals surface area contributed by atoms with Gasteiger partial charge in [0.2, 0.25) is 0 Å². The van der Waals surface area contributed by atoms with Crippen LogP contribution in [0.15, 0.2) is 48.5 Å². The van der Waals surface area contributed by atoms with E-state index < -0.39 is 5.97 Å². The minimum absolute atomic E-state index is 0.365. The maximum atomic E-state index is 12.4. The highest BCUT2D eigenvalue weighted by atomic mass is 16.5. The number of carbonyl (C=O) groups excluding carboxylic acids is 2. The summed E-state index contributed by atoms with van der Waals surface area (Å²) < 4.78 is 16.4. The van der Waals surface area contributed by atoms with Crippen molar-refractivity contribution in [3.05, 3.63) is 59.7 Å². The highest BCUT2D eigenvalue weighted by Crippen LogP contribution is 2.18. The maximum Gasteiger partial charge on any atom is 0.343 e. The van der Waals surface area contributed by atoms with Gasteiger partial charge in [0, 0.05) is 0 Å². The second-order valence-electron chi connectivity index (χ2n) is 8.25. The molecule has 5 nitrogen and oxygen atoms in total. The fourth-order valence-electron chi connectivity index (χ4n) is 3.36. The van der Waals surface area contributed by atoms with Gasteiger partial charge in [-0.15, -0.1) is 0 Å². The highest BCUT2D eigenvalue weighted by molar-refractivity contribution is 5.92. The molecule has 0 radical (unpaired) electrons. The van der Waals surface area contributed by atoms with Crippen molar-refractivity contribution in [3.8, 4) is 11.5 Å². The van der Waals surface area contributed by atoms with Gasteiger partial charge in [0.15, 0.2) is 0 Å². The third kappa shape index (κ3) is 10.6. The number of esters is 2. The predicted molar refractivity (Wildman–Crippen MR) is 131 cm³/mol. The molecule has 0 heterocycles. The van der Waals surface area contributed by atoms with Crippen molar-refractivity contribution in [2.75, 3.05) is 13.2 Å². The van der Waals surface area contributed by atoms with E-state index in [9.17, 15) is 9.59 Å². The molecule has 0 amide bonds. The fraction of sp³-hybridized carbons (Fsp3) is 0.500. The molecule has 2 rings (SSSR count). The molecule has 33 heavy (non-hydrogen) atoms. The molecule has 0 N–H and O–H groups in total. The quantitative estimate of drug-likeness (QED) is 0.150. The lowest BCUT2D eigenvalue weighted by molar-refractivity contribution is 0.0498. The third-order valence-corrected chi connectivity index (χ3v) is 5.39. The van der Waals surface area contributed by atoms with Crippen LogP contribution in [0.25, 0.3) is 0 Å². The number of unbranched alkanes of at least 4 members (excludes halogenated alkanes) is 8. The Bertz CT molecular complexity index is 811. The predicted octanol–water partition coefficient (Wildman–Crippen LogP) is 7.38. The molecule has 0 bridgehead atoms. The summed E-state index contributed by atoms with van der Waals surface area (Å²) in [4.78, 5) is 24.4. The van der Waals surface area contributed by atoms with Gasteiger partial charge in [0.1, 0.15) is 11.5 Å². The zero-order valence-corrected chi connectivity index (χ0v) is 20.1. The van der Waals surface area contributed by atoms with E-state index in [2.05, 4.69) is 13.8 Å². The van der Waals surface area contributed by atoms with Gasteiger partial charge in [0.25, 0.3) is 0 Å². The molecule has 180 valence electrons. The average molecular weight is 455 g/mol. The molecule has 0 aliphatic carbocycles. The van der Waals surface area contributed by atoms with E-state index in [0.717, 1.165) is 31.4 Å². The van der Waals surface area contributed by atoms with E-state index in [-0.39, 0.29) is 5.97 Å². The Kier molecular flexibility index (Phi) is 12.7. The molecule has 2 aromatic carbocycles. The summed E-state index contributed by atoms with van der Waals surface area (Å²) in [5, 5.41) is 0. The van der Waals surface area contributed by atoms with Gasteiger partial charge in [0.05, 0.1) is 24.3 Å². The Morgan fingerprint density at radius 2 is 1.06 bits per heavy atom. The molecule has 0 fully saturated rings. The molecule has 0 aliphatic rings. The Morgan fingerprint density at radius 1 is 0.576 bits per heavy atom. The van der Waals surface area contributed by atoms with E-state index in [0.29, 0.717) is 30.1 Å². The monoisotopic (exact) mass is 454 g/mol. The smallest absolute Gasteiger partial charge is 0.343 e. The van der Waals surface area contributed by atoms with Crippen LogP contribution in [0.3, 0.4) is 0 Å². The molecule has 5 heteroatoms. The molecular weight excluding hydrogens is 416 g/mol. The van der Waals surface area contributed by atoms with E-state index in [1.807, 2.05) is 0 Å². The second-order valence-corrected chi connectivity index (χ2v) is 8.25. The molecular formula is C28H38O5. The van der Waals surface area contributed by atoms with Crippen LogP contribution in [0.4, 0.5) is 0 Å². The van der Waals surface area contributed by atoms with Gasteiger partial charge in [-0.05, 0) is 61.4 Å². The summed E-state index contributed by atoms with van der Waals surface area (Å²) in [6, 6.07) is 13.4. The Morgan fingerprint density at radius 3 is 1.70 bits per heavy atom. The zero-order chi connectivity index (χ0) is 23.7. The van der Waals surface area contributed by atoms with Crippen LogP contribution in [-0.4, -0.2) is 25.2 Å². The van der Waals surface area contributed by atoms with Crippen molar-refractivity contribution in [2.24, 2.45) is 0 Å². The lowest BCUT2D eigenvalue weighted by Crippen LogP contribution is -2.09. The van der Waals surface area contributed by atoms with Crippen molar-refractivity contribution in [1.29, 1.82) is 0 Å². The summed E-state index contributed by atoms with van der Waals surface area (Å²) >= 11 is 0. The second kappa shape index (κ2) is 15.9. The van der Waals surface area contributed by atoms with Crippen molar-refractivity contribution in [3.63, 3.8) is 0 Å². The first-order chi connectivity index (χ1) is 16.1. The van der Waals surface area contributed by atoms with E-state index in [4.69, 9.17) is 14.2 Å². The first kappa shape index (κ1) is 26.4. The van der Waals surface area contributed by atoms with Crippen LogP contribution in [0.5, 0.6) is 11.5 Å². The van der Waals surface area contributed by atoms with Crippen molar-refractivity contribution in [1.82, 2.24) is 0 Å². The van der Waals surface area contributed by atoms with Crippen LogP contribution in [-0.2, 0) is 4.74 Å². The van der Waals surface area contributed by atoms with E-state index >= 15 is 0 Å². The number of carbonyl (C=O) groups is 2.